The molecule has 2 aliphatic rings. The number of aliphatic imine (C=N–C) groups is 2. The first-order chi connectivity index (χ1) is 23.7. The molecule has 2 aromatic heterocycles. The van der Waals surface area contributed by atoms with Crippen LogP contribution >= 0.6 is 0 Å². The molecule has 0 radical (unpaired) electrons. The molecule has 0 bridgehead atoms. The lowest BCUT2D eigenvalue weighted by atomic mass is 10.1. The van der Waals surface area contributed by atoms with Crippen molar-refractivity contribution >= 4 is 35.2 Å². The van der Waals surface area contributed by atoms with Crippen LogP contribution in [0.3, 0.4) is 0 Å². The van der Waals surface area contributed by atoms with Crippen LogP contribution in [0.2, 0.25) is 0 Å². The number of nitrogens with two attached hydrogens (primary N) is 2. The molecule has 2 unspecified atom stereocenters. The van der Waals surface area contributed by atoms with Crippen LogP contribution in [0.4, 0.5) is 11.4 Å². The summed E-state index contributed by atoms with van der Waals surface area (Å²) >= 11 is 0. The number of benzene rings is 2. The smallest absolute Gasteiger partial charge is 0.282 e. The Morgan fingerprint density at radius 3 is 1.55 bits per heavy atom. The predicted octanol–water partition coefficient (Wildman–Crippen LogP) is 4.28. The molecule has 0 saturated carbocycles. The first-order valence-electron chi connectivity index (χ1n) is 15.9. The van der Waals surface area contributed by atoms with Crippen LogP contribution in [-0.2, 0) is 22.3 Å². The van der Waals surface area contributed by atoms with Gasteiger partial charge in [0.2, 0.25) is 5.88 Å². The molecule has 4 aromatic rings. The van der Waals surface area contributed by atoms with Gasteiger partial charge in [-0.05, 0) is 86.2 Å². The molecule has 2 atom stereocenters. The maximum Gasteiger partial charge on any atom is 0.282 e. The second-order valence-electron chi connectivity index (χ2n) is 11.5. The number of pyridine rings is 2. The third-order valence-corrected chi connectivity index (χ3v) is 7.80. The summed E-state index contributed by atoms with van der Waals surface area (Å²) in [5, 5.41) is 5.72. The number of hydrogen-bond acceptors (Lipinski definition) is 11. The number of nitrogens with one attached hydrogen (secondary N) is 2. The van der Waals surface area contributed by atoms with Gasteiger partial charge in [0.25, 0.3) is 23.9 Å². The highest BCUT2D eigenvalue weighted by atomic mass is 16.5. The maximum atomic E-state index is 12.2. The summed E-state index contributed by atoms with van der Waals surface area (Å²) in [7, 11) is 1.53. The van der Waals surface area contributed by atoms with Crippen molar-refractivity contribution in [3.05, 3.63) is 113 Å². The van der Waals surface area contributed by atoms with Gasteiger partial charge >= 0.3 is 0 Å². The highest BCUT2D eigenvalue weighted by molar-refractivity contribution is 6.04. The highest BCUT2D eigenvalue weighted by Crippen LogP contribution is 2.17. The molecule has 254 valence electrons. The van der Waals surface area contributed by atoms with Gasteiger partial charge in [-0.1, -0.05) is 24.3 Å². The number of methoxy groups -OCH3 is 1. The molecule has 6 N–H and O–H groups in total. The molecule has 13 heteroatoms. The van der Waals surface area contributed by atoms with Crippen LogP contribution in [0.25, 0.3) is 0 Å². The Balaban J connectivity index is 0.000000191. The number of carbonyl (C=O) groups is 2. The number of aromatic nitrogens is 2. The van der Waals surface area contributed by atoms with Crippen LogP contribution in [0.15, 0.2) is 95.2 Å². The lowest BCUT2D eigenvalue weighted by Crippen LogP contribution is -2.12. The molecule has 13 nitrogen and oxygen atoms in total. The molecule has 4 heterocycles. The average molecular weight is 665 g/mol. The minimum atomic E-state index is -0.212. The Morgan fingerprint density at radius 1 is 0.714 bits per heavy atom. The number of nitrogens with zero attached hydrogens (tertiary/aromatic N) is 4. The van der Waals surface area contributed by atoms with E-state index in [0.29, 0.717) is 30.2 Å². The molecule has 49 heavy (non-hydrogen) atoms. The number of anilines is 2. The Labute approximate surface area is 284 Å². The Morgan fingerprint density at radius 2 is 1.18 bits per heavy atom. The van der Waals surface area contributed by atoms with Gasteiger partial charge in [0, 0.05) is 35.5 Å². The first kappa shape index (κ1) is 34.4. The summed E-state index contributed by atoms with van der Waals surface area (Å²) in [6, 6.07) is 23.3. The van der Waals surface area contributed by atoms with Crippen molar-refractivity contribution in [2.24, 2.45) is 21.5 Å². The number of aryl methyl sites for hydroxylation is 3. The first-order valence-corrected chi connectivity index (χ1v) is 15.9. The molecule has 2 aromatic carbocycles. The summed E-state index contributed by atoms with van der Waals surface area (Å²) in [6.45, 7) is 3.00. The molecule has 2 aliphatic heterocycles. The van der Waals surface area contributed by atoms with Gasteiger partial charge in [-0.25, -0.2) is 15.0 Å². The summed E-state index contributed by atoms with van der Waals surface area (Å²) in [5.74, 6) is 0.0960. The standard InChI is InChI=1S/C18H20N4O3.C18H20N4O2/c1-24-16-9-5-13(10-20-16)17(23)21-14-6-2-12(3-7-14)4-8-15-11-25-18(19)22-15;1-12-2-6-14(10-20-12)17(23)21-15-7-3-13(4-8-15)5-9-16-11-24-18(19)22-16/h2-3,5-7,9-10,15H,4,8,11H2,1H3,(H2,19,22)(H,21,23);2-4,6-8,10,16H,5,9,11H2,1H3,(H2,19,22)(H,21,23). The number of amides is 2. The number of carbonyl (C=O) groups excluding carboxylic acids is 2. The van der Waals surface area contributed by atoms with E-state index in [0.717, 1.165) is 42.8 Å². The highest BCUT2D eigenvalue weighted by Gasteiger charge is 2.17. The Hall–Kier alpha value is -5.98. The van der Waals surface area contributed by atoms with E-state index < -0.39 is 0 Å². The van der Waals surface area contributed by atoms with Gasteiger partial charge in [0.1, 0.15) is 13.2 Å². The van der Waals surface area contributed by atoms with E-state index in [-0.39, 0.29) is 35.9 Å². The van der Waals surface area contributed by atoms with Crippen LogP contribution < -0.4 is 26.8 Å². The van der Waals surface area contributed by atoms with Crippen molar-refractivity contribution in [1.82, 2.24) is 9.97 Å². The second-order valence-corrected chi connectivity index (χ2v) is 11.5. The van der Waals surface area contributed by atoms with Crippen LogP contribution in [-0.4, -0.2) is 66.2 Å². The van der Waals surface area contributed by atoms with Gasteiger partial charge in [0.15, 0.2) is 0 Å². The van der Waals surface area contributed by atoms with Crippen molar-refractivity contribution in [3.8, 4) is 5.88 Å². The molecule has 2 amide bonds. The zero-order chi connectivity index (χ0) is 34.6. The molecule has 6 rings (SSSR count). The fourth-order valence-corrected chi connectivity index (χ4v) is 4.99. The van der Waals surface area contributed by atoms with E-state index in [1.165, 1.54) is 24.4 Å². The van der Waals surface area contributed by atoms with Gasteiger partial charge in [-0.2, -0.15) is 0 Å². The minimum absolute atomic E-state index is 0.127. The van der Waals surface area contributed by atoms with Gasteiger partial charge < -0.3 is 36.3 Å². The quantitative estimate of drug-likeness (QED) is 0.181. The largest absolute Gasteiger partial charge is 0.481 e. The van der Waals surface area contributed by atoms with Crippen molar-refractivity contribution < 1.29 is 23.8 Å². The fraction of sp³-hybridized carbons (Fsp3) is 0.278. The molecule has 0 aliphatic carbocycles. The normalized spacial score (nSPS) is 16.2. The Kier molecular flexibility index (Phi) is 11.7. The van der Waals surface area contributed by atoms with Gasteiger partial charge in [-0.15, -0.1) is 0 Å². The summed E-state index contributed by atoms with van der Waals surface area (Å²) in [6.07, 6.45) is 6.60. The van der Waals surface area contributed by atoms with Crippen LogP contribution in [0, 0.1) is 6.92 Å². The van der Waals surface area contributed by atoms with Gasteiger partial charge in [0.05, 0.1) is 30.3 Å². The van der Waals surface area contributed by atoms with E-state index in [1.54, 1.807) is 24.4 Å². The van der Waals surface area contributed by atoms with Crippen LogP contribution in [0.5, 0.6) is 5.88 Å². The lowest BCUT2D eigenvalue weighted by Gasteiger charge is -2.08. The zero-order valence-electron chi connectivity index (χ0n) is 27.5. The number of amidine groups is 2. The molecule has 0 saturated heterocycles. The predicted molar refractivity (Wildman–Crippen MR) is 188 cm³/mol. The number of rotatable bonds is 11. The lowest BCUT2D eigenvalue weighted by molar-refractivity contribution is 0.101. The Bertz CT molecular complexity index is 1760. The monoisotopic (exact) mass is 664 g/mol. The number of hydrogen-bond donors (Lipinski definition) is 4. The van der Waals surface area contributed by atoms with E-state index in [9.17, 15) is 9.59 Å². The topological polar surface area (TPSA) is 188 Å². The van der Waals surface area contributed by atoms with Crippen molar-refractivity contribution in [3.63, 3.8) is 0 Å². The second kappa shape index (κ2) is 16.7. The maximum absolute atomic E-state index is 12.2. The molecular formula is C36H40N8O5. The summed E-state index contributed by atoms with van der Waals surface area (Å²) < 4.78 is 15.3. The minimum Gasteiger partial charge on any atom is -0.481 e. The average Bonchev–Trinajstić information content (AvgIpc) is 3.75. The van der Waals surface area contributed by atoms with E-state index in [2.05, 4.69) is 30.6 Å². The van der Waals surface area contributed by atoms with Crippen molar-refractivity contribution in [2.45, 2.75) is 44.7 Å². The van der Waals surface area contributed by atoms with Crippen molar-refractivity contribution in [2.75, 3.05) is 31.0 Å². The fourth-order valence-electron chi connectivity index (χ4n) is 4.99. The van der Waals surface area contributed by atoms with E-state index >= 15 is 0 Å². The third-order valence-electron chi connectivity index (χ3n) is 7.80. The van der Waals surface area contributed by atoms with E-state index in [4.69, 9.17) is 25.7 Å². The SMILES string of the molecule is COc1ccc(C(=O)Nc2ccc(CCC3COC(N)=N3)cc2)cn1.Cc1ccc(C(=O)Nc2ccc(CCC3COC(N)=N3)cc2)cn1. The number of ether oxygens (including phenoxy) is 3. The summed E-state index contributed by atoms with van der Waals surface area (Å²) in [5.41, 5.74) is 16.8. The summed E-state index contributed by atoms with van der Waals surface area (Å²) in [4.78, 5) is 40.9. The molecule has 0 fully saturated rings. The van der Waals surface area contributed by atoms with Crippen LogP contribution in [0.1, 0.15) is 50.4 Å². The molecular weight excluding hydrogens is 624 g/mol. The van der Waals surface area contributed by atoms with E-state index in [1.807, 2.05) is 61.5 Å². The molecule has 0 spiro atoms. The van der Waals surface area contributed by atoms with Crippen molar-refractivity contribution in [1.29, 1.82) is 0 Å². The third kappa shape index (κ3) is 10.5. The van der Waals surface area contributed by atoms with Gasteiger partial charge in [-0.3, -0.25) is 14.6 Å². The zero-order valence-corrected chi connectivity index (χ0v) is 27.5.